The van der Waals surface area contributed by atoms with Gasteiger partial charge in [0.25, 0.3) is 0 Å². The average molecular weight is 263 g/mol. The summed E-state index contributed by atoms with van der Waals surface area (Å²) in [5, 5.41) is 10.4. The highest BCUT2D eigenvalue weighted by Crippen LogP contribution is 2.42. The summed E-state index contributed by atoms with van der Waals surface area (Å²) in [6.45, 7) is 4.53. The highest BCUT2D eigenvalue weighted by molar-refractivity contribution is 5.74. The van der Waals surface area contributed by atoms with Crippen LogP contribution in [0.15, 0.2) is 27.4 Å². The Hall–Kier alpha value is -1.59. The number of ether oxygens (including phenoxy) is 1. The van der Waals surface area contributed by atoms with Crippen LogP contribution in [0.25, 0.3) is 11.1 Å². The van der Waals surface area contributed by atoms with Crippen molar-refractivity contribution in [2.75, 3.05) is 13.2 Å². The molecule has 19 heavy (non-hydrogen) atoms. The van der Waals surface area contributed by atoms with Crippen LogP contribution >= 0.6 is 0 Å². The van der Waals surface area contributed by atoms with Gasteiger partial charge in [-0.1, -0.05) is 6.07 Å². The minimum atomic E-state index is -0.887. The van der Waals surface area contributed by atoms with Crippen molar-refractivity contribution < 1.29 is 14.3 Å². The molecule has 0 aliphatic carbocycles. The fraction of sp³-hybridized carbons (Fsp3) is 0.500. The maximum absolute atomic E-state index is 11.5. The van der Waals surface area contributed by atoms with Crippen molar-refractivity contribution in [3.8, 4) is 0 Å². The van der Waals surface area contributed by atoms with Crippen LogP contribution in [-0.4, -0.2) is 28.5 Å². The largest absolute Gasteiger partial charge is 0.419 e. The second kappa shape index (κ2) is 3.71. The number of nitrogens with zero attached hydrogens (tertiary/aromatic N) is 1. The molecule has 2 aromatic rings. The fourth-order valence-electron chi connectivity index (χ4n) is 2.60. The van der Waals surface area contributed by atoms with Crippen LogP contribution in [-0.2, 0) is 17.2 Å². The Morgan fingerprint density at radius 2 is 2.05 bits per heavy atom. The quantitative estimate of drug-likeness (QED) is 0.883. The molecule has 0 bridgehead atoms. The van der Waals surface area contributed by atoms with Gasteiger partial charge in [-0.3, -0.25) is 4.57 Å². The molecule has 1 aliphatic heterocycles. The van der Waals surface area contributed by atoms with Gasteiger partial charge in [-0.25, -0.2) is 4.79 Å². The molecule has 1 fully saturated rings. The first kappa shape index (κ1) is 12.4. The summed E-state index contributed by atoms with van der Waals surface area (Å²) in [6.07, 6.45) is 0. The third-order valence-electron chi connectivity index (χ3n) is 4.21. The van der Waals surface area contributed by atoms with E-state index in [4.69, 9.17) is 9.15 Å². The SMILES string of the molecule is Cn1c(=O)oc2ccc(C3(C(C)(C)O)COC3)cc21. The van der Waals surface area contributed by atoms with Gasteiger partial charge in [-0.15, -0.1) is 0 Å². The first-order chi connectivity index (χ1) is 8.85. The van der Waals surface area contributed by atoms with E-state index >= 15 is 0 Å². The number of fused-ring (bicyclic) bond motifs is 1. The molecular formula is C14H17NO4. The van der Waals surface area contributed by atoms with Crippen LogP contribution in [0.4, 0.5) is 0 Å². The monoisotopic (exact) mass is 263 g/mol. The van der Waals surface area contributed by atoms with E-state index in [9.17, 15) is 9.90 Å². The second-order valence-corrected chi connectivity index (χ2v) is 5.74. The lowest BCUT2D eigenvalue weighted by atomic mass is 9.67. The van der Waals surface area contributed by atoms with Gasteiger partial charge >= 0.3 is 5.76 Å². The van der Waals surface area contributed by atoms with Gasteiger partial charge in [0.2, 0.25) is 0 Å². The number of hydrogen-bond acceptors (Lipinski definition) is 4. The lowest BCUT2D eigenvalue weighted by Gasteiger charge is -2.50. The predicted molar refractivity (Wildman–Crippen MR) is 70.2 cm³/mol. The number of benzene rings is 1. The summed E-state index contributed by atoms with van der Waals surface area (Å²) in [4.78, 5) is 11.5. The molecule has 0 unspecified atom stereocenters. The molecule has 0 radical (unpaired) electrons. The maximum Gasteiger partial charge on any atom is 0.419 e. The molecule has 0 saturated carbocycles. The number of hydrogen-bond donors (Lipinski definition) is 1. The number of aliphatic hydroxyl groups is 1. The van der Waals surface area contributed by atoms with E-state index in [1.807, 2.05) is 12.1 Å². The van der Waals surface area contributed by atoms with Gasteiger partial charge in [0, 0.05) is 7.05 Å². The van der Waals surface area contributed by atoms with E-state index in [1.54, 1.807) is 27.0 Å². The Labute approximate surface area is 110 Å². The molecule has 1 aromatic carbocycles. The number of aromatic nitrogens is 1. The van der Waals surface area contributed by atoms with Gasteiger partial charge in [0.15, 0.2) is 5.58 Å². The molecule has 5 heteroatoms. The molecular weight excluding hydrogens is 246 g/mol. The summed E-state index contributed by atoms with van der Waals surface area (Å²) in [7, 11) is 1.67. The summed E-state index contributed by atoms with van der Waals surface area (Å²) in [5.41, 5.74) is 0.950. The lowest BCUT2D eigenvalue weighted by molar-refractivity contribution is -0.157. The van der Waals surface area contributed by atoms with Gasteiger partial charge in [-0.2, -0.15) is 0 Å². The van der Waals surface area contributed by atoms with Gasteiger partial charge in [0.1, 0.15) is 0 Å². The molecule has 0 amide bonds. The smallest absolute Gasteiger partial charge is 0.408 e. The first-order valence-electron chi connectivity index (χ1n) is 6.25. The minimum absolute atomic E-state index is 0.380. The van der Waals surface area contributed by atoms with Crippen LogP contribution in [0.5, 0.6) is 0 Å². The van der Waals surface area contributed by atoms with Crippen molar-refractivity contribution in [2.24, 2.45) is 7.05 Å². The third-order valence-corrected chi connectivity index (χ3v) is 4.21. The molecule has 1 saturated heterocycles. The molecule has 2 heterocycles. The summed E-state index contributed by atoms with van der Waals surface area (Å²) in [5.74, 6) is -0.380. The van der Waals surface area contributed by atoms with Crippen molar-refractivity contribution in [3.05, 3.63) is 34.3 Å². The van der Waals surface area contributed by atoms with Gasteiger partial charge in [-0.05, 0) is 31.5 Å². The molecule has 0 atom stereocenters. The van der Waals surface area contributed by atoms with Crippen molar-refractivity contribution >= 4 is 11.1 Å². The Bertz CT molecular complexity index is 686. The Kier molecular flexibility index (Phi) is 2.43. The summed E-state index contributed by atoms with van der Waals surface area (Å²) in [6, 6.07) is 5.57. The van der Waals surface area contributed by atoms with Crippen molar-refractivity contribution in [1.82, 2.24) is 4.57 Å². The molecule has 102 valence electrons. The molecule has 1 aliphatic rings. The zero-order valence-corrected chi connectivity index (χ0v) is 11.3. The van der Waals surface area contributed by atoms with E-state index in [1.165, 1.54) is 4.57 Å². The maximum atomic E-state index is 11.5. The van der Waals surface area contributed by atoms with E-state index < -0.39 is 11.0 Å². The van der Waals surface area contributed by atoms with Crippen LogP contribution in [0.2, 0.25) is 0 Å². The van der Waals surface area contributed by atoms with Crippen LogP contribution < -0.4 is 5.76 Å². The fourth-order valence-corrected chi connectivity index (χ4v) is 2.60. The summed E-state index contributed by atoms with van der Waals surface area (Å²) < 4.78 is 11.9. The standard InChI is InChI=1S/C14H17NO4/c1-13(2,17)14(7-18-8-14)9-4-5-11-10(6-9)15(3)12(16)19-11/h4-6,17H,7-8H2,1-3H3. The van der Waals surface area contributed by atoms with Crippen molar-refractivity contribution in [2.45, 2.75) is 24.9 Å². The number of rotatable bonds is 2. The molecule has 0 spiro atoms. The highest BCUT2D eigenvalue weighted by atomic mass is 16.5. The Balaban J connectivity index is 2.20. The number of aryl methyl sites for hydroxylation is 1. The minimum Gasteiger partial charge on any atom is -0.408 e. The van der Waals surface area contributed by atoms with E-state index in [2.05, 4.69) is 0 Å². The van der Waals surface area contributed by atoms with E-state index in [0.717, 1.165) is 11.1 Å². The zero-order valence-electron chi connectivity index (χ0n) is 11.3. The van der Waals surface area contributed by atoms with E-state index in [-0.39, 0.29) is 5.76 Å². The van der Waals surface area contributed by atoms with Gasteiger partial charge in [0.05, 0.1) is 29.7 Å². The number of oxazole rings is 1. The topological polar surface area (TPSA) is 64.6 Å². The Morgan fingerprint density at radius 1 is 1.37 bits per heavy atom. The molecule has 1 N–H and O–H groups in total. The van der Waals surface area contributed by atoms with E-state index in [0.29, 0.717) is 18.8 Å². The Morgan fingerprint density at radius 3 is 2.58 bits per heavy atom. The summed E-state index contributed by atoms with van der Waals surface area (Å²) >= 11 is 0. The first-order valence-corrected chi connectivity index (χ1v) is 6.25. The van der Waals surface area contributed by atoms with Crippen LogP contribution in [0.3, 0.4) is 0 Å². The zero-order chi connectivity index (χ0) is 13.8. The normalized spacial score (nSPS) is 18.5. The molecule has 1 aromatic heterocycles. The van der Waals surface area contributed by atoms with Crippen LogP contribution in [0, 0.1) is 0 Å². The van der Waals surface area contributed by atoms with Gasteiger partial charge < -0.3 is 14.3 Å². The third kappa shape index (κ3) is 1.58. The second-order valence-electron chi connectivity index (χ2n) is 5.74. The average Bonchev–Trinajstić information content (AvgIpc) is 2.52. The molecule has 5 nitrogen and oxygen atoms in total. The van der Waals surface area contributed by atoms with Crippen molar-refractivity contribution in [3.63, 3.8) is 0 Å². The van der Waals surface area contributed by atoms with Crippen molar-refractivity contribution in [1.29, 1.82) is 0 Å². The lowest BCUT2D eigenvalue weighted by Crippen LogP contribution is -2.60. The highest BCUT2D eigenvalue weighted by Gasteiger charge is 2.51. The van der Waals surface area contributed by atoms with Crippen LogP contribution in [0.1, 0.15) is 19.4 Å². The molecule has 3 rings (SSSR count). The predicted octanol–water partition coefficient (Wildman–Crippen LogP) is 1.17.